The molecule has 0 unspecified atom stereocenters. The molecular formula is C24H27ClN4O2. The van der Waals surface area contributed by atoms with E-state index in [4.69, 9.17) is 11.6 Å². The number of fused-ring (bicyclic) bond motifs is 1. The van der Waals surface area contributed by atoms with Crippen LogP contribution < -0.4 is 10.9 Å². The van der Waals surface area contributed by atoms with Gasteiger partial charge in [0.15, 0.2) is 0 Å². The maximum atomic E-state index is 13.1. The highest BCUT2D eigenvalue weighted by atomic mass is 35.5. The van der Waals surface area contributed by atoms with Gasteiger partial charge in [0.2, 0.25) is 0 Å². The van der Waals surface area contributed by atoms with Crippen molar-refractivity contribution in [3.8, 4) is 0 Å². The molecule has 31 heavy (non-hydrogen) atoms. The molecule has 0 spiro atoms. The van der Waals surface area contributed by atoms with Crippen LogP contribution in [0.25, 0.3) is 10.9 Å². The number of pyridine rings is 1. The number of rotatable bonds is 6. The van der Waals surface area contributed by atoms with Crippen LogP contribution in [0.5, 0.6) is 0 Å². The van der Waals surface area contributed by atoms with E-state index in [-0.39, 0.29) is 18.1 Å². The lowest BCUT2D eigenvalue weighted by Crippen LogP contribution is -2.41. The summed E-state index contributed by atoms with van der Waals surface area (Å²) in [5.74, 6) is 0. The van der Waals surface area contributed by atoms with E-state index in [0.29, 0.717) is 22.8 Å². The third kappa shape index (κ3) is 5.27. The number of nitrogens with one attached hydrogen (secondary N) is 2. The quantitative estimate of drug-likeness (QED) is 0.590. The molecule has 1 aliphatic heterocycles. The highest BCUT2D eigenvalue weighted by Crippen LogP contribution is 2.18. The number of carbonyl (C=O) groups excluding carboxylic acids is 1. The molecule has 0 atom stereocenters. The van der Waals surface area contributed by atoms with Crippen molar-refractivity contribution in [2.45, 2.75) is 26.3 Å². The number of para-hydroxylation sites is 1. The van der Waals surface area contributed by atoms with E-state index in [2.05, 4.69) is 15.2 Å². The first-order valence-corrected chi connectivity index (χ1v) is 11.0. The number of aromatic nitrogens is 1. The van der Waals surface area contributed by atoms with E-state index in [9.17, 15) is 9.59 Å². The summed E-state index contributed by atoms with van der Waals surface area (Å²) in [6.45, 7) is 5.64. The second-order valence-electron chi connectivity index (χ2n) is 8.07. The number of carbonyl (C=O) groups is 1. The summed E-state index contributed by atoms with van der Waals surface area (Å²) in [6.07, 6.45) is 2.39. The van der Waals surface area contributed by atoms with Crippen molar-refractivity contribution in [2.75, 3.05) is 31.5 Å². The van der Waals surface area contributed by atoms with Crippen LogP contribution in [0.15, 0.2) is 53.3 Å². The van der Waals surface area contributed by atoms with Gasteiger partial charge in [-0.25, -0.2) is 4.79 Å². The topological polar surface area (TPSA) is 68.4 Å². The van der Waals surface area contributed by atoms with Gasteiger partial charge in [0.05, 0.1) is 12.1 Å². The molecule has 4 rings (SSSR count). The number of hydrogen-bond donors (Lipinski definition) is 2. The number of hydrogen-bond acceptors (Lipinski definition) is 3. The lowest BCUT2D eigenvalue weighted by atomic mass is 10.1. The van der Waals surface area contributed by atoms with Crippen molar-refractivity contribution in [1.82, 2.24) is 14.8 Å². The Balaban J connectivity index is 1.57. The number of aromatic amines is 1. The number of halogens is 1. The smallest absolute Gasteiger partial charge is 0.321 e. The van der Waals surface area contributed by atoms with Crippen molar-refractivity contribution in [3.05, 3.63) is 75.0 Å². The molecular weight excluding hydrogens is 412 g/mol. The van der Waals surface area contributed by atoms with Crippen molar-refractivity contribution in [3.63, 3.8) is 0 Å². The van der Waals surface area contributed by atoms with Crippen LogP contribution in [0, 0.1) is 6.92 Å². The summed E-state index contributed by atoms with van der Waals surface area (Å²) in [7, 11) is 0. The van der Waals surface area contributed by atoms with E-state index in [1.165, 1.54) is 12.8 Å². The average Bonchev–Trinajstić information content (AvgIpc) is 3.26. The van der Waals surface area contributed by atoms with Gasteiger partial charge in [0.1, 0.15) is 0 Å². The normalized spacial score (nSPS) is 14.1. The second-order valence-corrected chi connectivity index (χ2v) is 8.51. The standard InChI is InChI=1S/C24H27ClN4O2/c1-17-6-4-7-18-14-19(23(30)27-22(17)18)16-29(13-12-28-10-2-3-11-28)24(31)26-21-9-5-8-20(25)15-21/h4-9,14-15H,2-3,10-13,16H2,1H3,(H,26,31)(H,27,30). The fourth-order valence-electron chi connectivity index (χ4n) is 4.04. The fourth-order valence-corrected chi connectivity index (χ4v) is 4.23. The summed E-state index contributed by atoms with van der Waals surface area (Å²) >= 11 is 6.06. The predicted octanol–water partition coefficient (Wildman–Crippen LogP) is 4.62. The lowest BCUT2D eigenvalue weighted by Gasteiger charge is -2.26. The van der Waals surface area contributed by atoms with E-state index in [1.54, 1.807) is 29.2 Å². The van der Waals surface area contributed by atoms with Gasteiger partial charge in [-0.1, -0.05) is 35.9 Å². The van der Waals surface area contributed by atoms with Crippen LogP contribution in [-0.4, -0.2) is 47.0 Å². The first-order valence-electron chi connectivity index (χ1n) is 10.6. The average molecular weight is 439 g/mol. The Morgan fingerprint density at radius 1 is 1.16 bits per heavy atom. The molecule has 1 aromatic heterocycles. The van der Waals surface area contributed by atoms with Gasteiger partial charge in [-0.3, -0.25) is 4.79 Å². The maximum Gasteiger partial charge on any atom is 0.322 e. The third-order valence-corrected chi connectivity index (χ3v) is 6.01. The molecule has 0 saturated carbocycles. The number of amides is 2. The zero-order valence-electron chi connectivity index (χ0n) is 17.7. The first-order chi connectivity index (χ1) is 15.0. The molecule has 1 fully saturated rings. The van der Waals surface area contributed by atoms with Crippen molar-refractivity contribution in [1.29, 1.82) is 0 Å². The molecule has 1 aliphatic rings. The van der Waals surface area contributed by atoms with Gasteiger partial charge in [-0.2, -0.15) is 0 Å². The zero-order valence-corrected chi connectivity index (χ0v) is 18.4. The molecule has 2 amide bonds. The molecule has 7 heteroatoms. The van der Waals surface area contributed by atoms with Gasteiger partial charge < -0.3 is 20.1 Å². The molecule has 2 N–H and O–H groups in total. The summed E-state index contributed by atoms with van der Waals surface area (Å²) in [5.41, 5.74) is 2.89. The van der Waals surface area contributed by atoms with Gasteiger partial charge in [0, 0.05) is 29.4 Å². The van der Waals surface area contributed by atoms with E-state index in [1.807, 2.05) is 31.2 Å². The van der Waals surface area contributed by atoms with Crippen LogP contribution in [0.3, 0.4) is 0 Å². The largest absolute Gasteiger partial charge is 0.322 e. The van der Waals surface area contributed by atoms with Gasteiger partial charge in [-0.05, 0) is 68.1 Å². The Morgan fingerprint density at radius 2 is 1.94 bits per heavy atom. The van der Waals surface area contributed by atoms with Gasteiger partial charge >= 0.3 is 6.03 Å². The van der Waals surface area contributed by atoms with E-state index in [0.717, 1.165) is 36.1 Å². The molecule has 0 radical (unpaired) electrons. The molecule has 0 aliphatic carbocycles. The van der Waals surface area contributed by atoms with Crippen LogP contribution in [0.1, 0.15) is 24.0 Å². The predicted molar refractivity (Wildman–Crippen MR) is 126 cm³/mol. The minimum atomic E-state index is -0.245. The number of benzene rings is 2. The molecule has 3 aromatic rings. The minimum absolute atomic E-state index is 0.163. The van der Waals surface area contributed by atoms with Gasteiger partial charge in [0.25, 0.3) is 5.56 Å². The second kappa shape index (κ2) is 9.54. The van der Waals surface area contributed by atoms with Crippen LogP contribution in [0.2, 0.25) is 5.02 Å². The summed E-state index contributed by atoms with van der Waals surface area (Å²) in [4.78, 5) is 32.9. The number of likely N-dealkylation sites (tertiary alicyclic amines) is 1. The molecule has 2 heterocycles. The SMILES string of the molecule is Cc1cccc2cc(CN(CCN3CCCC3)C(=O)Nc3cccc(Cl)c3)c(=O)[nH]c12. The number of anilines is 1. The van der Waals surface area contributed by atoms with E-state index >= 15 is 0 Å². The van der Waals surface area contributed by atoms with Crippen molar-refractivity contribution < 1.29 is 4.79 Å². The fraction of sp³-hybridized carbons (Fsp3) is 0.333. The van der Waals surface area contributed by atoms with Crippen molar-refractivity contribution in [2.24, 2.45) is 0 Å². The van der Waals surface area contributed by atoms with Crippen molar-refractivity contribution >= 4 is 34.2 Å². The van der Waals surface area contributed by atoms with Gasteiger partial charge in [-0.15, -0.1) is 0 Å². The van der Waals surface area contributed by atoms with Crippen LogP contribution in [0.4, 0.5) is 10.5 Å². The summed E-state index contributed by atoms with van der Waals surface area (Å²) in [6, 6.07) is 14.6. The first kappa shape index (κ1) is 21.4. The van der Waals surface area contributed by atoms with Crippen LogP contribution in [-0.2, 0) is 6.54 Å². The maximum absolute atomic E-state index is 13.1. The Hall–Kier alpha value is -2.83. The number of aryl methyl sites for hydroxylation is 1. The molecule has 2 aromatic carbocycles. The highest BCUT2D eigenvalue weighted by molar-refractivity contribution is 6.30. The third-order valence-electron chi connectivity index (χ3n) is 5.77. The molecule has 6 nitrogen and oxygen atoms in total. The Kier molecular flexibility index (Phi) is 6.59. The summed E-state index contributed by atoms with van der Waals surface area (Å²) in [5, 5.41) is 4.44. The minimum Gasteiger partial charge on any atom is -0.321 e. The zero-order chi connectivity index (χ0) is 21.8. The summed E-state index contributed by atoms with van der Waals surface area (Å²) < 4.78 is 0. The number of urea groups is 1. The van der Waals surface area contributed by atoms with E-state index < -0.39 is 0 Å². The molecule has 162 valence electrons. The molecule has 0 bridgehead atoms. The number of H-pyrrole nitrogens is 1. The lowest BCUT2D eigenvalue weighted by molar-refractivity contribution is 0.197. The Bertz CT molecular complexity index is 1140. The highest BCUT2D eigenvalue weighted by Gasteiger charge is 2.19. The number of nitrogens with zero attached hydrogens (tertiary/aromatic N) is 2. The Morgan fingerprint density at radius 3 is 2.71 bits per heavy atom. The molecule has 1 saturated heterocycles. The Labute approximate surface area is 186 Å². The van der Waals surface area contributed by atoms with Crippen LogP contribution >= 0.6 is 11.6 Å². The monoisotopic (exact) mass is 438 g/mol.